The molecule has 1 aromatic rings. The van der Waals surface area contributed by atoms with Crippen molar-refractivity contribution in [3.05, 3.63) is 30.6 Å². The number of aromatic nitrogens is 1. The van der Waals surface area contributed by atoms with E-state index in [1.807, 2.05) is 18.2 Å². The third-order valence-electron chi connectivity index (χ3n) is 0.566. The molecule has 1 nitrogen and oxygen atoms in total. The fourth-order valence-electron chi connectivity index (χ4n) is 0.313. The number of pyridine rings is 1. The zero-order valence-corrected chi connectivity index (χ0v) is 10.4. The Kier molecular flexibility index (Phi) is 5.76. The minimum absolute atomic E-state index is 0.641. The Bertz CT molecular complexity index is 138. The van der Waals surface area contributed by atoms with Crippen LogP contribution in [0.3, 0.4) is 0 Å². The molecule has 0 bridgehead atoms. The van der Waals surface area contributed by atoms with Crippen molar-refractivity contribution in [2.45, 2.75) is 19.6 Å². The Labute approximate surface area is 82.5 Å². The van der Waals surface area contributed by atoms with Crippen LogP contribution >= 0.6 is 21.8 Å². The molecule has 0 N–H and O–H groups in total. The summed E-state index contributed by atoms with van der Waals surface area (Å²) in [6, 6.07) is 5.72. The molecule has 3 heteroatoms. The highest BCUT2D eigenvalue weighted by atomic mass is 127. The van der Waals surface area contributed by atoms with E-state index in [9.17, 15) is 0 Å². The monoisotopic (exact) mass is 279 g/mol. The summed E-state index contributed by atoms with van der Waals surface area (Å²) in [6.07, 6.45) is 3.50. The van der Waals surface area contributed by atoms with Gasteiger partial charge in [0.25, 0.3) is 0 Å². The molecule has 0 aromatic carbocycles. The zero-order chi connectivity index (χ0) is 8.74. The molecule has 0 atom stereocenters. The van der Waals surface area contributed by atoms with Crippen LogP contribution in [0, 0.1) is 0 Å². The summed E-state index contributed by atoms with van der Waals surface area (Å²) in [5.41, 5.74) is -0.641. The van der Waals surface area contributed by atoms with Crippen LogP contribution in [0.15, 0.2) is 30.6 Å². The summed E-state index contributed by atoms with van der Waals surface area (Å²) in [5, 5.41) is 0. The molecule has 0 radical (unpaired) electrons. The molecule has 1 rings (SSSR count). The van der Waals surface area contributed by atoms with Gasteiger partial charge in [-0.1, -0.05) is 25.7 Å². The van der Waals surface area contributed by atoms with Crippen LogP contribution in [-0.4, -0.2) is 10.6 Å². The van der Waals surface area contributed by atoms with Gasteiger partial charge in [-0.3, -0.25) is 4.98 Å². The predicted octanol–water partition coefficient (Wildman–Crippen LogP) is 3.34. The fraction of sp³-hybridized carbons (Fsp3) is 0.375. The molecule has 0 unspecified atom stereocenters. The largest absolute Gasteiger partial charge is 0.265 e. The van der Waals surface area contributed by atoms with Crippen molar-refractivity contribution >= 4 is 27.4 Å². The first kappa shape index (κ1) is 11.1. The Morgan fingerprint density at radius 3 is 1.45 bits per heavy atom. The average Bonchev–Trinajstić information content (AvgIpc) is 1.88. The average molecular weight is 279 g/mol. The maximum atomic E-state index is 3.78. The van der Waals surface area contributed by atoms with Gasteiger partial charge in [0.05, 0.1) is 0 Å². The van der Waals surface area contributed by atoms with Crippen molar-refractivity contribution < 1.29 is 0 Å². The second-order valence-electron chi connectivity index (χ2n) is 3.09. The van der Waals surface area contributed by atoms with Gasteiger partial charge >= 0.3 is 0 Å². The Balaban J connectivity index is 0.000000187. The molecule has 0 aliphatic carbocycles. The molecule has 0 spiro atoms. The van der Waals surface area contributed by atoms with E-state index in [0.717, 1.165) is 0 Å². The van der Waals surface area contributed by atoms with Crippen LogP contribution in [0.4, 0.5) is 0 Å². The molecule has 0 amide bonds. The predicted molar refractivity (Wildman–Crippen MR) is 61.6 cm³/mol. The van der Waals surface area contributed by atoms with Gasteiger partial charge < -0.3 is 0 Å². The number of hydrogen-bond donors (Lipinski definition) is 0. The Morgan fingerprint density at radius 2 is 1.36 bits per heavy atom. The molecule has 1 aromatic heterocycles. The molecule has 0 saturated heterocycles. The van der Waals surface area contributed by atoms with Gasteiger partial charge in [0, 0.05) is 12.4 Å². The number of hydrogen-bond acceptors (Lipinski definition) is 1. The normalized spacial score (nSPS) is 9.82. The van der Waals surface area contributed by atoms with E-state index in [0.29, 0.717) is 0 Å². The van der Waals surface area contributed by atoms with Gasteiger partial charge in [-0.2, -0.15) is 0 Å². The summed E-state index contributed by atoms with van der Waals surface area (Å²) in [4.78, 5) is 3.78. The van der Waals surface area contributed by atoms with Crippen LogP contribution in [0.1, 0.15) is 0 Å². The molecule has 0 aliphatic heterocycles. The van der Waals surface area contributed by atoms with Crippen molar-refractivity contribution in [2.75, 3.05) is 0 Å². The summed E-state index contributed by atoms with van der Waals surface area (Å²) >= 11 is 2.52. The highest BCUT2D eigenvalue weighted by Crippen LogP contribution is 2.08. The van der Waals surface area contributed by atoms with Gasteiger partial charge in [-0.05, 0) is 12.1 Å². The van der Waals surface area contributed by atoms with Crippen molar-refractivity contribution in [2.24, 2.45) is 0 Å². The first-order valence-corrected chi connectivity index (χ1v) is 10.2. The molecule has 0 saturated carbocycles. The molecular formula is C8H14INSi. The topological polar surface area (TPSA) is 12.9 Å². The summed E-state index contributed by atoms with van der Waals surface area (Å²) in [7, 11) is 0. The lowest BCUT2D eigenvalue weighted by atomic mass is 10.5. The van der Waals surface area contributed by atoms with Crippen molar-refractivity contribution in [1.29, 1.82) is 0 Å². The lowest BCUT2D eigenvalue weighted by Crippen LogP contribution is -2.05. The van der Waals surface area contributed by atoms with E-state index in [4.69, 9.17) is 0 Å². The lowest BCUT2D eigenvalue weighted by Gasteiger charge is -1.98. The van der Waals surface area contributed by atoms with Crippen molar-refractivity contribution in [1.82, 2.24) is 4.98 Å². The van der Waals surface area contributed by atoms with E-state index in [1.54, 1.807) is 12.4 Å². The minimum atomic E-state index is -0.641. The van der Waals surface area contributed by atoms with Gasteiger partial charge in [0.2, 0.25) is 0 Å². The molecule has 62 valence electrons. The summed E-state index contributed by atoms with van der Waals surface area (Å²) < 4.78 is 0. The molecule has 11 heavy (non-hydrogen) atoms. The van der Waals surface area contributed by atoms with Crippen molar-refractivity contribution in [3.63, 3.8) is 0 Å². The third-order valence-corrected chi connectivity index (χ3v) is 0.566. The van der Waals surface area contributed by atoms with Crippen LogP contribution in [0.25, 0.3) is 0 Å². The van der Waals surface area contributed by atoms with Crippen molar-refractivity contribution in [3.8, 4) is 0 Å². The molecule has 0 fully saturated rings. The first-order chi connectivity index (χ1) is 5.00. The highest BCUT2D eigenvalue weighted by molar-refractivity contribution is 14.1. The zero-order valence-electron chi connectivity index (χ0n) is 7.21. The van der Waals surface area contributed by atoms with Gasteiger partial charge in [0.15, 0.2) is 0 Å². The standard InChI is InChI=1S/C5H5N.C3H9ISi/c1-2-4-6-5-3-1;1-5(2,3)4/h1-5H;1-3H3. The maximum Gasteiger partial charge on any atom is 0.116 e. The van der Waals surface area contributed by atoms with Gasteiger partial charge in [0.1, 0.15) is 5.57 Å². The third kappa shape index (κ3) is 17.8. The number of nitrogens with zero attached hydrogens (tertiary/aromatic N) is 1. The van der Waals surface area contributed by atoms with Gasteiger partial charge in [-0.25, -0.2) is 0 Å². The molecule has 0 aliphatic rings. The lowest BCUT2D eigenvalue weighted by molar-refractivity contribution is 1.33. The quantitative estimate of drug-likeness (QED) is 0.403. The summed E-state index contributed by atoms with van der Waals surface area (Å²) in [5.74, 6) is 0. The molecular weight excluding hydrogens is 265 g/mol. The molecule has 1 heterocycles. The van der Waals surface area contributed by atoms with E-state index in [-0.39, 0.29) is 0 Å². The highest BCUT2D eigenvalue weighted by Gasteiger charge is 2.02. The van der Waals surface area contributed by atoms with E-state index < -0.39 is 5.57 Å². The SMILES string of the molecule is C[Si](C)(C)I.c1ccncc1. The summed E-state index contributed by atoms with van der Waals surface area (Å²) in [6.45, 7) is 6.94. The van der Waals surface area contributed by atoms with Gasteiger partial charge in [-0.15, -0.1) is 21.8 Å². The Hall–Kier alpha value is 0.0969. The maximum absolute atomic E-state index is 3.78. The minimum Gasteiger partial charge on any atom is -0.265 e. The van der Waals surface area contributed by atoms with E-state index >= 15 is 0 Å². The Morgan fingerprint density at radius 1 is 1.00 bits per heavy atom. The van der Waals surface area contributed by atoms with Crippen LogP contribution < -0.4 is 0 Å². The van der Waals surface area contributed by atoms with Crippen LogP contribution in [0.2, 0.25) is 19.6 Å². The van der Waals surface area contributed by atoms with Crippen LogP contribution in [0.5, 0.6) is 0 Å². The number of rotatable bonds is 0. The number of halogens is 1. The first-order valence-electron chi connectivity index (χ1n) is 3.54. The second-order valence-corrected chi connectivity index (χ2v) is 16.9. The van der Waals surface area contributed by atoms with Crippen LogP contribution in [-0.2, 0) is 0 Å². The smallest absolute Gasteiger partial charge is 0.116 e. The van der Waals surface area contributed by atoms with E-state index in [2.05, 4.69) is 46.4 Å². The second kappa shape index (κ2) is 5.71. The van der Waals surface area contributed by atoms with E-state index in [1.165, 1.54) is 0 Å². The fourth-order valence-corrected chi connectivity index (χ4v) is 0.313.